The van der Waals surface area contributed by atoms with E-state index in [1.165, 1.54) is 0 Å². The summed E-state index contributed by atoms with van der Waals surface area (Å²) in [6.45, 7) is 8.52. The lowest BCUT2D eigenvalue weighted by Gasteiger charge is -2.26. The van der Waals surface area contributed by atoms with Crippen LogP contribution in [0.4, 0.5) is 5.95 Å². The van der Waals surface area contributed by atoms with Gasteiger partial charge in [-0.3, -0.25) is 0 Å². The summed E-state index contributed by atoms with van der Waals surface area (Å²) in [5, 5.41) is 0. The summed E-state index contributed by atoms with van der Waals surface area (Å²) in [6.07, 6.45) is 1.09. The van der Waals surface area contributed by atoms with E-state index in [1.54, 1.807) is 0 Å². The average molecular weight is 266 g/mol. The van der Waals surface area contributed by atoms with Gasteiger partial charge in [-0.2, -0.15) is 0 Å². The lowest BCUT2D eigenvalue weighted by molar-refractivity contribution is 0.499. The first-order valence-electron chi connectivity index (χ1n) is 6.19. The zero-order chi connectivity index (χ0) is 13.9. The second-order valence-electron chi connectivity index (χ2n) is 5.15. The van der Waals surface area contributed by atoms with Gasteiger partial charge < -0.3 is 10.6 Å². The molecule has 1 aromatic heterocycles. The maximum atomic E-state index is 5.63. The summed E-state index contributed by atoms with van der Waals surface area (Å²) in [4.78, 5) is 11.2. The second-order valence-corrected chi connectivity index (χ2v) is 5.59. The molecule has 0 saturated heterocycles. The third-order valence-electron chi connectivity index (χ3n) is 2.88. The van der Waals surface area contributed by atoms with E-state index < -0.39 is 0 Å². The molecule has 0 aliphatic heterocycles. The fourth-order valence-corrected chi connectivity index (χ4v) is 1.98. The maximum absolute atomic E-state index is 5.63. The molecule has 100 valence electrons. The summed E-state index contributed by atoms with van der Waals surface area (Å²) in [6, 6.07) is 2.19. The highest BCUT2D eigenvalue weighted by Gasteiger charge is 2.15. The van der Waals surface area contributed by atoms with Crippen molar-refractivity contribution in [3.05, 3.63) is 17.5 Å². The monoisotopic (exact) mass is 266 g/mol. The molecule has 0 bridgehead atoms. The third-order valence-corrected chi connectivity index (χ3v) is 3.09. The molecule has 0 radical (unpaired) electrons. The summed E-state index contributed by atoms with van der Waals surface area (Å²) < 4.78 is 0. The zero-order valence-electron chi connectivity index (χ0n) is 11.8. The first-order chi connectivity index (χ1) is 8.31. The maximum Gasteiger partial charge on any atom is 0.226 e. The van der Waals surface area contributed by atoms with E-state index in [0.717, 1.165) is 12.1 Å². The number of aromatic nitrogens is 2. The Labute approximate surface area is 115 Å². The van der Waals surface area contributed by atoms with Gasteiger partial charge in [0, 0.05) is 18.8 Å². The Morgan fingerprint density at radius 1 is 1.39 bits per heavy atom. The molecule has 1 heterocycles. The van der Waals surface area contributed by atoms with Gasteiger partial charge in [-0.05, 0) is 32.3 Å². The lowest BCUT2D eigenvalue weighted by atomic mass is 10.0. The highest BCUT2D eigenvalue weighted by molar-refractivity contribution is 7.80. The molecule has 5 heteroatoms. The number of nitrogens with two attached hydrogens (primary N) is 1. The van der Waals surface area contributed by atoms with Gasteiger partial charge >= 0.3 is 0 Å². The predicted octanol–water partition coefficient (Wildman–Crippen LogP) is 2.29. The molecule has 1 atom stereocenters. The Morgan fingerprint density at radius 3 is 2.50 bits per heavy atom. The van der Waals surface area contributed by atoms with Crippen LogP contribution in [0, 0.1) is 12.8 Å². The number of hydrogen-bond donors (Lipinski definition) is 1. The second kappa shape index (κ2) is 6.09. The number of rotatable bonds is 5. The van der Waals surface area contributed by atoms with Gasteiger partial charge in [0.05, 0.1) is 0 Å². The molecular formula is C13H22N4S. The van der Waals surface area contributed by atoms with E-state index >= 15 is 0 Å². The molecule has 1 rings (SSSR count). The Bertz CT molecular complexity index is 431. The van der Waals surface area contributed by atoms with Crippen LogP contribution in [0.3, 0.4) is 0 Å². The molecule has 18 heavy (non-hydrogen) atoms. The summed E-state index contributed by atoms with van der Waals surface area (Å²) in [7, 11) is 2.01. The molecule has 1 aromatic rings. The fraction of sp³-hybridized carbons (Fsp3) is 0.615. The van der Waals surface area contributed by atoms with E-state index in [4.69, 9.17) is 18.0 Å². The smallest absolute Gasteiger partial charge is 0.226 e. The SMILES string of the molecule is Cc1cc(C(N)=S)nc(N(C)C(C)CC(C)C)n1. The molecule has 0 saturated carbocycles. The van der Waals surface area contributed by atoms with Crippen molar-refractivity contribution in [2.45, 2.75) is 40.2 Å². The first kappa shape index (κ1) is 14.8. The lowest BCUT2D eigenvalue weighted by Crippen LogP contribution is -2.32. The van der Waals surface area contributed by atoms with Crippen molar-refractivity contribution in [3.8, 4) is 0 Å². The van der Waals surface area contributed by atoms with Gasteiger partial charge in [0.2, 0.25) is 5.95 Å². The Balaban J connectivity index is 2.98. The van der Waals surface area contributed by atoms with Crippen LogP contribution in [0.2, 0.25) is 0 Å². The zero-order valence-corrected chi connectivity index (χ0v) is 12.6. The van der Waals surface area contributed by atoms with Crippen LogP contribution >= 0.6 is 12.2 Å². The Hall–Kier alpha value is -1.23. The van der Waals surface area contributed by atoms with Crippen LogP contribution in [-0.2, 0) is 0 Å². The Kier molecular flexibility index (Phi) is 5.02. The van der Waals surface area contributed by atoms with E-state index in [1.807, 2.05) is 20.0 Å². The molecule has 2 N–H and O–H groups in total. The molecule has 0 aromatic carbocycles. The van der Waals surface area contributed by atoms with Crippen molar-refractivity contribution in [1.29, 1.82) is 0 Å². The van der Waals surface area contributed by atoms with E-state index in [-0.39, 0.29) is 0 Å². The molecule has 0 amide bonds. The highest BCUT2D eigenvalue weighted by Crippen LogP contribution is 2.16. The predicted molar refractivity (Wildman–Crippen MR) is 80.0 cm³/mol. The van der Waals surface area contributed by atoms with Crippen LogP contribution in [0.5, 0.6) is 0 Å². The highest BCUT2D eigenvalue weighted by atomic mass is 32.1. The van der Waals surface area contributed by atoms with Crippen LogP contribution in [-0.4, -0.2) is 28.0 Å². The van der Waals surface area contributed by atoms with Crippen molar-refractivity contribution in [1.82, 2.24) is 9.97 Å². The topological polar surface area (TPSA) is 55.0 Å². The molecule has 0 aliphatic carbocycles. The van der Waals surface area contributed by atoms with Gasteiger partial charge in [-0.15, -0.1) is 0 Å². The van der Waals surface area contributed by atoms with Crippen LogP contribution in [0.1, 0.15) is 38.6 Å². The number of nitrogens with zero attached hydrogens (tertiary/aromatic N) is 3. The first-order valence-corrected chi connectivity index (χ1v) is 6.60. The van der Waals surface area contributed by atoms with Gasteiger partial charge in [0.25, 0.3) is 0 Å². The molecule has 4 nitrogen and oxygen atoms in total. The van der Waals surface area contributed by atoms with Gasteiger partial charge in [-0.25, -0.2) is 9.97 Å². The molecule has 0 aliphatic rings. The number of anilines is 1. The molecular weight excluding hydrogens is 244 g/mol. The number of aryl methyl sites for hydroxylation is 1. The van der Waals surface area contributed by atoms with Crippen LogP contribution in [0.25, 0.3) is 0 Å². The van der Waals surface area contributed by atoms with Gasteiger partial charge in [-0.1, -0.05) is 26.1 Å². The van der Waals surface area contributed by atoms with Crippen molar-refractivity contribution in [3.63, 3.8) is 0 Å². The summed E-state index contributed by atoms with van der Waals surface area (Å²) in [5.41, 5.74) is 7.15. The van der Waals surface area contributed by atoms with Crippen molar-refractivity contribution in [2.75, 3.05) is 11.9 Å². The average Bonchev–Trinajstić information content (AvgIpc) is 2.26. The van der Waals surface area contributed by atoms with Crippen molar-refractivity contribution in [2.24, 2.45) is 11.7 Å². The Morgan fingerprint density at radius 2 is 2.00 bits per heavy atom. The standard InChI is InChI=1S/C13H22N4S/c1-8(2)6-10(4)17(5)13-15-9(3)7-11(16-13)12(14)18/h7-8,10H,6H2,1-5H3,(H2,14,18). The van der Waals surface area contributed by atoms with Gasteiger partial charge in [0.1, 0.15) is 10.7 Å². The normalized spacial score (nSPS) is 12.6. The number of hydrogen-bond acceptors (Lipinski definition) is 4. The molecule has 0 fully saturated rings. The summed E-state index contributed by atoms with van der Waals surface area (Å²) >= 11 is 4.97. The van der Waals surface area contributed by atoms with Crippen molar-refractivity contribution >= 4 is 23.2 Å². The fourth-order valence-electron chi connectivity index (χ4n) is 1.87. The minimum atomic E-state index is 0.312. The summed E-state index contributed by atoms with van der Waals surface area (Å²) in [5.74, 6) is 1.33. The minimum Gasteiger partial charge on any atom is -0.388 e. The van der Waals surface area contributed by atoms with E-state index in [0.29, 0.717) is 28.6 Å². The minimum absolute atomic E-state index is 0.312. The van der Waals surface area contributed by atoms with E-state index in [2.05, 4.69) is 35.6 Å². The van der Waals surface area contributed by atoms with Gasteiger partial charge in [0.15, 0.2) is 0 Å². The number of thiocarbonyl (C=S) groups is 1. The van der Waals surface area contributed by atoms with Crippen molar-refractivity contribution < 1.29 is 0 Å². The van der Waals surface area contributed by atoms with Crippen LogP contribution < -0.4 is 10.6 Å². The quantitative estimate of drug-likeness (QED) is 0.829. The third kappa shape index (κ3) is 3.91. The van der Waals surface area contributed by atoms with Crippen LogP contribution in [0.15, 0.2) is 6.07 Å². The molecule has 1 unspecified atom stereocenters. The largest absolute Gasteiger partial charge is 0.388 e. The molecule has 0 spiro atoms. The van der Waals surface area contributed by atoms with E-state index in [9.17, 15) is 0 Å².